The van der Waals surface area contributed by atoms with Gasteiger partial charge in [-0.15, -0.1) is 0 Å². The molecule has 2 aliphatic rings. The number of H-pyrrole nitrogens is 2. The number of hydrogen-bond donors (Lipinski definition) is 2. The zero-order chi connectivity index (χ0) is 24.7. The van der Waals surface area contributed by atoms with Crippen molar-refractivity contribution in [3.8, 4) is 0 Å². The first-order chi connectivity index (χ1) is 17.8. The minimum atomic E-state index is 0.173. The lowest BCUT2D eigenvalue weighted by molar-refractivity contribution is -0.0292. The third kappa shape index (κ3) is 5.62. The SMILES string of the molecule is CCCN1CCO[C@@H](c2cccc3[nH]ncc23)C1.CCCN1CCO[C@H](c2cccc3[nH]ncc23)C1. The van der Waals surface area contributed by atoms with Gasteiger partial charge in [0.15, 0.2) is 0 Å². The Morgan fingerprint density at radius 1 is 0.750 bits per heavy atom. The largest absolute Gasteiger partial charge is 0.371 e. The molecule has 0 unspecified atom stereocenters. The number of nitrogens with one attached hydrogen (secondary N) is 2. The summed E-state index contributed by atoms with van der Waals surface area (Å²) in [6, 6.07) is 12.5. The van der Waals surface area contributed by atoms with E-state index >= 15 is 0 Å². The fraction of sp³-hybridized carbons (Fsp3) is 0.500. The van der Waals surface area contributed by atoms with Gasteiger partial charge in [0, 0.05) is 37.0 Å². The molecular formula is C28H38N6O2. The van der Waals surface area contributed by atoms with Crippen molar-refractivity contribution in [3.63, 3.8) is 0 Å². The first kappa shape index (κ1) is 24.9. The lowest BCUT2D eigenvalue weighted by Crippen LogP contribution is -2.38. The summed E-state index contributed by atoms with van der Waals surface area (Å²) in [4.78, 5) is 4.96. The Morgan fingerprint density at radius 2 is 1.22 bits per heavy atom. The van der Waals surface area contributed by atoms with E-state index in [-0.39, 0.29) is 12.2 Å². The van der Waals surface area contributed by atoms with Gasteiger partial charge in [-0.05, 0) is 49.2 Å². The molecule has 0 saturated carbocycles. The molecule has 0 bridgehead atoms. The Kier molecular flexibility index (Phi) is 8.28. The maximum atomic E-state index is 5.93. The molecule has 4 aromatic rings. The van der Waals surface area contributed by atoms with Gasteiger partial charge >= 0.3 is 0 Å². The predicted molar refractivity (Wildman–Crippen MR) is 143 cm³/mol. The van der Waals surface area contributed by atoms with Crippen LogP contribution in [0.4, 0.5) is 0 Å². The molecule has 2 aliphatic heterocycles. The second-order valence-corrected chi connectivity index (χ2v) is 9.68. The van der Waals surface area contributed by atoms with Crippen molar-refractivity contribution in [1.29, 1.82) is 0 Å². The fourth-order valence-corrected chi connectivity index (χ4v) is 5.36. The number of ether oxygens (including phenoxy) is 2. The van der Waals surface area contributed by atoms with Crippen LogP contribution < -0.4 is 0 Å². The molecule has 192 valence electrons. The maximum absolute atomic E-state index is 5.93. The van der Waals surface area contributed by atoms with Gasteiger partial charge in [0.2, 0.25) is 0 Å². The molecule has 8 nitrogen and oxygen atoms in total. The number of aromatic nitrogens is 4. The highest BCUT2D eigenvalue weighted by Gasteiger charge is 2.24. The van der Waals surface area contributed by atoms with E-state index in [1.165, 1.54) is 34.7 Å². The second-order valence-electron chi connectivity index (χ2n) is 9.68. The number of morpholine rings is 2. The van der Waals surface area contributed by atoms with Crippen molar-refractivity contribution in [2.24, 2.45) is 0 Å². The third-order valence-corrected chi connectivity index (χ3v) is 7.11. The average Bonchev–Trinajstić information content (AvgIpc) is 3.59. The van der Waals surface area contributed by atoms with Gasteiger partial charge in [-0.25, -0.2) is 0 Å². The number of rotatable bonds is 6. The smallest absolute Gasteiger partial charge is 0.0959 e. The van der Waals surface area contributed by atoms with Crippen molar-refractivity contribution in [2.45, 2.75) is 38.9 Å². The number of aromatic amines is 2. The van der Waals surface area contributed by atoms with Crippen LogP contribution >= 0.6 is 0 Å². The third-order valence-electron chi connectivity index (χ3n) is 7.11. The first-order valence-electron chi connectivity index (χ1n) is 13.3. The number of hydrogen-bond acceptors (Lipinski definition) is 6. The standard InChI is InChI=1S/2C14H19N3O/c2*1-2-6-17-7-8-18-14(10-17)11-4-3-5-13-12(11)9-15-16-13/h2*3-5,9,14H,2,6-8,10H2,1H3,(H,15,16)/t2*14-/m10/s1. The van der Waals surface area contributed by atoms with Crippen LogP contribution in [0.25, 0.3) is 21.8 Å². The number of nitrogens with zero attached hydrogens (tertiary/aromatic N) is 4. The molecule has 0 spiro atoms. The molecule has 2 saturated heterocycles. The Balaban J connectivity index is 0.000000148. The second kappa shape index (κ2) is 12.0. The topological polar surface area (TPSA) is 82.3 Å². The highest BCUT2D eigenvalue weighted by Crippen LogP contribution is 2.29. The van der Waals surface area contributed by atoms with Gasteiger partial charge in [-0.1, -0.05) is 38.1 Å². The van der Waals surface area contributed by atoms with E-state index in [4.69, 9.17) is 9.47 Å². The molecule has 8 heteroatoms. The maximum Gasteiger partial charge on any atom is 0.0959 e. The zero-order valence-electron chi connectivity index (χ0n) is 21.4. The number of benzene rings is 2. The molecule has 2 N–H and O–H groups in total. The Labute approximate surface area is 212 Å². The predicted octanol–water partition coefficient (Wildman–Crippen LogP) is 4.69. The summed E-state index contributed by atoms with van der Waals surface area (Å²) in [6.07, 6.45) is 6.53. The molecule has 6 rings (SSSR count). The highest BCUT2D eigenvalue weighted by molar-refractivity contribution is 5.82. The highest BCUT2D eigenvalue weighted by atomic mass is 16.5. The van der Waals surface area contributed by atoms with Gasteiger partial charge in [0.25, 0.3) is 0 Å². The van der Waals surface area contributed by atoms with E-state index in [1.807, 2.05) is 12.4 Å². The van der Waals surface area contributed by atoms with Crippen molar-refractivity contribution in [3.05, 3.63) is 59.9 Å². The Morgan fingerprint density at radius 3 is 1.67 bits per heavy atom. The lowest BCUT2D eigenvalue weighted by atomic mass is 10.0. The van der Waals surface area contributed by atoms with Crippen molar-refractivity contribution in [1.82, 2.24) is 30.2 Å². The monoisotopic (exact) mass is 490 g/mol. The Bertz CT molecular complexity index is 1140. The van der Waals surface area contributed by atoms with Gasteiger partial charge < -0.3 is 9.47 Å². The normalized spacial score (nSPS) is 21.5. The summed E-state index contributed by atoms with van der Waals surface area (Å²) in [5, 5.41) is 16.6. The van der Waals surface area contributed by atoms with Gasteiger partial charge in [0.1, 0.15) is 0 Å². The number of fused-ring (bicyclic) bond motifs is 2. The zero-order valence-corrected chi connectivity index (χ0v) is 21.4. The van der Waals surface area contributed by atoms with E-state index in [0.717, 1.165) is 63.5 Å². The molecule has 2 atom stereocenters. The molecule has 0 amide bonds. The molecule has 4 heterocycles. The van der Waals surface area contributed by atoms with E-state index in [1.54, 1.807) is 0 Å². The molecule has 36 heavy (non-hydrogen) atoms. The van der Waals surface area contributed by atoms with Crippen LogP contribution in [0.2, 0.25) is 0 Å². The summed E-state index contributed by atoms with van der Waals surface area (Å²) < 4.78 is 11.9. The van der Waals surface area contributed by atoms with E-state index < -0.39 is 0 Å². The molecule has 0 radical (unpaired) electrons. The molecule has 2 fully saturated rings. The van der Waals surface area contributed by atoms with Crippen LogP contribution in [0.5, 0.6) is 0 Å². The quantitative estimate of drug-likeness (QED) is 0.408. The van der Waals surface area contributed by atoms with E-state index in [9.17, 15) is 0 Å². The van der Waals surface area contributed by atoms with Gasteiger partial charge in [-0.2, -0.15) is 10.2 Å². The summed E-state index contributed by atoms with van der Waals surface area (Å²) in [5.74, 6) is 0. The molecule has 0 aliphatic carbocycles. The Hall–Kier alpha value is -2.78. The van der Waals surface area contributed by atoms with E-state index in [2.05, 4.69) is 80.4 Å². The summed E-state index contributed by atoms with van der Waals surface area (Å²) in [6.45, 7) is 12.5. The summed E-state index contributed by atoms with van der Waals surface area (Å²) in [7, 11) is 0. The average molecular weight is 491 g/mol. The van der Waals surface area contributed by atoms with Crippen molar-refractivity contribution < 1.29 is 9.47 Å². The van der Waals surface area contributed by atoms with Crippen molar-refractivity contribution in [2.75, 3.05) is 52.5 Å². The molecular weight excluding hydrogens is 452 g/mol. The fourth-order valence-electron chi connectivity index (χ4n) is 5.36. The van der Waals surface area contributed by atoms with Gasteiger partial charge in [0.05, 0.1) is 48.8 Å². The summed E-state index contributed by atoms with van der Waals surface area (Å²) >= 11 is 0. The first-order valence-corrected chi connectivity index (χ1v) is 13.3. The summed E-state index contributed by atoms with van der Waals surface area (Å²) in [5.41, 5.74) is 4.68. The van der Waals surface area contributed by atoms with E-state index in [0.29, 0.717) is 0 Å². The van der Waals surface area contributed by atoms with Crippen LogP contribution in [0.15, 0.2) is 48.8 Å². The van der Waals surface area contributed by atoms with Crippen molar-refractivity contribution >= 4 is 21.8 Å². The molecule has 2 aromatic heterocycles. The van der Waals surface area contributed by atoms with Crippen LogP contribution in [0.3, 0.4) is 0 Å². The van der Waals surface area contributed by atoms with Crippen LogP contribution in [-0.4, -0.2) is 82.7 Å². The minimum Gasteiger partial charge on any atom is -0.371 e. The van der Waals surface area contributed by atoms with Crippen LogP contribution in [0.1, 0.15) is 50.0 Å². The van der Waals surface area contributed by atoms with Gasteiger partial charge in [-0.3, -0.25) is 20.0 Å². The minimum absolute atomic E-state index is 0.173. The van der Waals surface area contributed by atoms with Crippen LogP contribution in [-0.2, 0) is 9.47 Å². The lowest BCUT2D eigenvalue weighted by Gasteiger charge is -2.33. The molecule has 2 aromatic carbocycles. The van der Waals surface area contributed by atoms with Crippen LogP contribution in [0, 0.1) is 0 Å².